The Labute approximate surface area is 115 Å². The van der Waals surface area contributed by atoms with Crippen LogP contribution in [0.15, 0.2) is 37.1 Å². The molecule has 1 amide bonds. The van der Waals surface area contributed by atoms with Crippen LogP contribution in [0.3, 0.4) is 0 Å². The molecule has 0 atom stereocenters. The van der Waals surface area contributed by atoms with Crippen molar-refractivity contribution in [3.05, 3.63) is 42.6 Å². The molecule has 0 aliphatic heterocycles. The fourth-order valence-corrected chi connectivity index (χ4v) is 1.32. The van der Waals surface area contributed by atoms with Crippen molar-refractivity contribution in [2.45, 2.75) is 6.92 Å². The summed E-state index contributed by atoms with van der Waals surface area (Å²) < 4.78 is 5.13. The number of aromatic nitrogens is 4. The van der Waals surface area contributed by atoms with Gasteiger partial charge in [0.15, 0.2) is 0 Å². The minimum Gasteiger partial charge on any atom is -0.464 e. The van der Waals surface area contributed by atoms with Crippen molar-refractivity contribution >= 4 is 17.8 Å². The summed E-state index contributed by atoms with van der Waals surface area (Å²) in [5.74, 6) is 0.148. The number of amides is 1. The van der Waals surface area contributed by atoms with Gasteiger partial charge in [0, 0.05) is 30.2 Å². The lowest BCUT2D eigenvalue weighted by molar-refractivity contribution is -0.111. The molecule has 0 saturated heterocycles. The molecule has 2 aromatic heterocycles. The Morgan fingerprint density at radius 3 is 2.80 bits per heavy atom. The van der Waals surface area contributed by atoms with Crippen LogP contribution in [0, 0.1) is 0 Å². The van der Waals surface area contributed by atoms with Crippen LogP contribution in [0.5, 0.6) is 6.01 Å². The van der Waals surface area contributed by atoms with Crippen LogP contribution < -0.4 is 10.1 Å². The number of ether oxygens (including phenoxy) is 1. The van der Waals surface area contributed by atoms with Crippen molar-refractivity contribution in [1.82, 2.24) is 19.9 Å². The van der Waals surface area contributed by atoms with Gasteiger partial charge in [0.05, 0.1) is 6.61 Å². The first kappa shape index (κ1) is 13.6. The van der Waals surface area contributed by atoms with E-state index < -0.39 is 0 Å². The highest BCUT2D eigenvalue weighted by molar-refractivity contribution is 6.01. The van der Waals surface area contributed by atoms with Crippen LogP contribution in [0.25, 0.3) is 6.08 Å². The summed E-state index contributed by atoms with van der Waals surface area (Å²) >= 11 is 0. The normalized spacial score (nSPS) is 10.4. The van der Waals surface area contributed by atoms with E-state index in [9.17, 15) is 4.79 Å². The SMILES string of the molecule is CCOc1ncc(/C=C/C(=O)Nc2ccncn2)cn1. The van der Waals surface area contributed by atoms with Crippen LogP contribution in [0.1, 0.15) is 12.5 Å². The molecule has 0 aliphatic carbocycles. The molecule has 20 heavy (non-hydrogen) atoms. The summed E-state index contributed by atoms with van der Waals surface area (Å²) in [4.78, 5) is 27.3. The molecule has 0 bridgehead atoms. The van der Waals surface area contributed by atoms with Gasteiger partial charge >= 0.3 is 6.01 Å². The maximum absolute atomic E-state index is 11.6. The molecule has 2 rings (SSSR count). The summed E-state index contributed by atoms with van der Waals surface area (Å²) in [6, 6.07) is 1.92. The van der Waals surface area contributed by atoms with Gasteiger partial charge in [-0.15, -0.1) is 0 Å². The van der Waals surface area contributed by atoms with Crippen molar-refractivity contribution < 1.29 is 9.53 Å². The zero-order chi connectivity index (χ0) is 14.2. The van der Waals surface area contributed by atoms with Crippen molar-refractivity contribution in [2.75, 3.05) is 11.9 Å². The van der Waals surface area contributed by atoms with E-state index in [1.807, 2.05) is 6.92 Å². The van der Waals surface area contributed by atoms with E-state index in [4.69, 9.17) is 4.74 Å². The molecule has 0 fully saturated rings. The molecule has 0 saturated carbocycles. The van der Waals surface area contributed by atoms with Gasteiger partial charge in [0.2, 0.25) is 5.91 Å². The highest BCUT2D eigenvalue weighted by Gasteiger charge is 1.99. The van der Waals surface area contributed by atoms with Gasteiger partial charge in [0.25, 0.3) is 0 Å². The number of carbonyl (C=O) groups is 1. The molecule has 0 unspecified atom stereocenters. The molecule has 102 valence electrons. The Hall–Kier alpha value is -2.83. The van der Waals surface area contributed by atoms with Gasteiger partial charge in [-0.2, -0.15) is 0 Å². The number of carbonyl (C=O) groups excluding carboxylic acids is 1. The highest BCUT2D eigenvalue weighted by atomic mass is 16.5. The number of nitrogens with zero attached hydrogens (tertiary/aromatic N) is 4. The summed E-state index contributed by atoms with van der Waals surface area (Å²) in [7, 11) is 0. The van der Waals surface area contributed by atoms with E-state index in [1.165, 1.54) is 12.4 Å². The number of hydrogen-bond acceptors (Lipinski definition) is 6. The van der Waals surface area contributed by atoms with E-state index in [1.54, 1.807) is 30.7 Å². The second kappa shape index (κ2) is 6.93. The quantitative estimate of drug-likeness (QED) is 0.825. The van der Waals surface area contributed by atoms with Crippen LogP contribution in [-0.4, -0.2) is 32.4 Å². The van der Waals surface area contributed by atoms with E-state index >= 15 is 0 Å². The number of nitrogens with one attached hydrogen (secondary N) is 1. The topological polar surface area (TPSA) is 89.9 Å². The first-order valence-corrected chi connectivity index (χ1v) is 5.98. The summed E-state index contributed by atoms with van der Waals surface area (Å²) in [5.41, 5.74) is 0.700. The predicted molar refractivity (Wildman–Crippen MR) is 72.9 cm³/mol. The second-order valence-electron chi connectivity index (χ2n) is 3.65. The van der Waals surface area contributed by atoms with Crippen molar-refractivity contribution in [1.29, 1.82) is 0 Å². The molecule has 0 radical (unpaired) electrons. The third kappa shape index (κ3) is 4.13. The van der Waals surface area contributed by atoms with Crippen molar-refractivity contribution in [3.63, 3.8) is 0 Å². The molecule has 7 heteroatoms. The maximum Gasteiger partial charge on any atom is 0.316 e. The average molecular weight is 271 g/mol. The lowest BCUT2D eigenvalue weighted by Gasteiger charge is -2.00. The summed E-state index contributed by atoms with van der Waals surface area (Å²) in [6.07, 6.45) is 9.04. The average Bonchev–Trinajstić information content (AvgIpc) is 2.48. The molecular weight excluding hydrogens is 258 g/mol. The van der Waals surface area contributed by atoms with Crippen LogP contribution in [0.2, 0.25) is 0 Å². The van der Waals surface area contributed by atoms with Crippen LogP contribution in [-0.2, 0) is 4.79 Å². The largest absolute Gasteiger partial charge is 0.464 e. The number of anilines is 1. The molecule has 1 N–H and O–H groups in total. The van der Waals surface area contributed by atoms with Gasteiger partial charge < -0.3 is 10.1 Å². The fraction of sp³-hybridized carbons (Fsp3) is 0.154. The third-order valence-electron chi connectivity index (χ3n) is 2.18. The molecule has 0 aromatic carbocycles. The third-order valence-corrected chi connectivity index (χ3v) is 2.18. The Bertz CT molecular complexity index is 583. The molecule has 2 aromatic rings. The fourth-order valence-electron chi connectivity index (χ4n) is 1.32. The predicted octanol–water partition coefficient (Wildman–Crippen LogP) is 1.32. The summed E-state index contributed by atoms with van der Waals surface area (Å²) in [5, 5.41) is 2.60. The Morgan fingerprint density at radius 2 is 2.15 bits per heavy atom. The monoisotopic (exact) mass is 271 g/mol. The molecular formula is C13H13N5O2. The van der Waals surface area contributed by atoms with Gasteiger partial charge in [-0.25, -0.2) is 19.9 Å². The first-order chi connectivity index (χ1) is 9.78. The first-order valence-electron chi connectivity index (χ1n) is 5.98. The zero-order valence-corrected chi connectivity index (χ0v) is 10.9. The van der Waals surface area contributed by atoms with E-state index in [0.717, 1.165) is 0 Å². The Balaban J connectivity index is 1.93. The highest BCUT2D eigenvalue weighted by Crippen LogP contribution is 2.05. The Morgan fingerprint density at radius 1 is 1.35 bits per heavy atom. The lowest BCUT2D eigenvalue weighted by Crippen LogP contribution is -2.09. The van der Waals surface area contributed by atoms with Gasteiger partial charge in [-0.05, 0) is 19.1 Å². The minimum atomic E-state index is -0.294. The van der Waals surface area contributed by atoms with E-state index in [-0.39, 0.29) is 5.91 Å². The minimum absolute atomic E-state index is 0.294. The Kier molecular flexibility index (Phi) is 4.71. The lowest BCUT2D eigenvalue weighted by atomic mass is 10.3. The van der Waals surface area contributed by atoms with Crippen LogP contribution in [0.4, 0.5) is 5.82 Å². The molecule has 0 aliphatic rings. The van der Waals surface area contributed by atoms with Gasteiger partial charge in [0.1, 0.15) is 12.1 Å². The smallest absolute Gasteiger partial charge is 0.316 e. The van der Waals surface area contributed by atoms with E-state index in [0.29, 0.717) is 24.0 Å². The van der Waals surface area contributed by atoms with Crippen molar-refractivity contribution in [3.8, 4) is 6.01 Å². The number of hydrogen-bond donors (Lipinski definition) is 1. The zero-order valence-electron chi connectivity index (χ0n) is 10.9. The molecule has 7 nitrogen and oxygen atoms in total. The maximum atomic E-state index is 11.6. The summed E-state index contributed by atoms with van der Waals surface area (Å²) in [6.45, 7) is 2.37. The van der Waals surface area contributed by atoms with Crippen molar-refractivity contribution in [2.24, 2.45) is 0 Å². The number of rotatable bonds is 5. The van der Waals surface area contributed by atoms with E-state index in [2.05, 4.69) is 25.3 Å². The molecule has 0 spiro atoms. The van der Waals surface area contributed by atoms with Crippen LogP contribution >= 0.6 is 0 Å². The molecule has 2 heterocycles. The standard InChI is InChI=1S/C13H13N5O2/c1-2-20-13-15-7-10(8-16-13)3-4-12(19)18-11-5-6-14-9-17-11/h3-9H,2H2,1H3,(H,14,17,18,19)/b4-3+. The van der Waals surface area contributed by atoms with Gasteiger partial charge in [-0.1, -0.05) is 0 Å². The second-order valence-corrected chi connectivity index (χ2v) is 3.65. The van der Waals surface area contributed by atoms with Gasteiger partial charge in [-0.3, -0.25) is 4.79 Å².